The van der Waals surface area contributed by atoms with Crippen molar-refractivity contribution in [3.8, 4) is 0 Å². The Balaban J connectivity index is 2.65. The molecule has 1 atom stereocenters. The van der Waals surface area contributed by atoms with Crippen LogP contribution in [0.15, 0.2) is 4.99 Å². The molecule has 0 aliphatic carbocycles. The highest BCUT2D eigenvalue weighted by Crippen LogP contribution is 2.11. The summed E-state index contributed by atoms with van der Waals surface area (Å²) in [5.74, 6) is 2.57. The Hall–Kier alpha value is -0.530. The summed E-state index contributed by atoms with van der Waals surface area (Å²) in [5.41, 5.74) is 0. The molecule has 64 valence electrons. The first kappa shape index (κ1) is 8.57. The van der Waals surface area contributed by atoms with Crippen LogP contribution in [0, 0.1) is 11.8 Å². The minimum atomic E-state index is 0.576. The number of hydrogen-bond donors (Lipinski definition) is 0. The van der Waals surface area contributed by atoms with Gasteiger partial charge in [0.05, 0.1) is 0 Å². The van der Waals surface area contributed by atoms with Gasteiger partial charge in [0, 0.05) is 26.1 Å². The van der Waals surface area contributed by atoms with E-state index in [4.69, 9.17) is 0 Å². The topological polar surface area (TPSA) is 15.6 Å². The zero-order valence-electron chi connectivity index (χ0n) is 7.96. The molecule has 0 radical (unpaired) electrons. The van der Waals surface area contributed by atoms with Gasteiger partial charge in [-0.1, -0.05) is 20.8 Å². The summed E-state index contributed by atoms with van der Waals surface area (Å²) in [6.07, 6.45) is 0. The van der Waals surface area contributed by atoms with Crippen LogP contribution < -0.4 is 0 Å². The van der Waals surface area contributed by atoms with Crippen molar-refractivity contribution in [3.63, 3.8) is 0 Å². The molecule has 11 heavy (non-hydrogen) atoms. The van der Waals surface area contributed by atoms with Gasteiger partial charge in [-0.25, -0.2) is 0 Å². The van der Waals surface area contributed by atoms with Gasteiger partial charge in [-0.3, -0.25) is 4.99 Å². The molecule has 2 heteroatoms. The van der Waals surface area contributed by atoms with Crippen molar-refractivity contribution in [1.29, 1.82) is 0 Å². The maximum atomic E-state index is 4.53. The lowest BCUT2D eigenvalue weighted by Gasteiger charge is -2.31. The molecule has 1 aliphatic rings. The summed E-state index contributed by atoms with van der Waals surface area (Å²) < 4.78 is 0. The third kappa shape index (κ3) is 1.95. The fourth-order valence-electron chi connectivity index (χ4n) is 1.61. The van der Waals surface area contributed by atoms with Crippen molar-refractivity contribution >= 4 is 5.84 Å². The molecule has 1 heterocycles. The van der Waals surface area contributed by atoms with Crippen LogP contribution in [0.25, 0.3) is 0 Å². The van der Waals surface area contributed by atoms with E-state index >= 15 is 0 Å². The van der Waals surface area contributed by atoms with Crippen LogP contribution in [0.4, 0.5) is 0 Å². The molecule has 0 N–H and O–H groups in total. The van der Waals surface area contributed by atoms with Gasteiger partial charge in [0.2, 0.25) is 0 Å². The summed E-state index contributed by atoms with van der Waals surface area (Å²) in [4.78, 5) is 6.81. The van der Waals surface area contributed by atoms with E-state index in [0.717, 1.165) is 19.0 Å². The molecule has 0 fully saturated rings. The first-order valence-corrected chi connectivity index (χ1v) is 4.36. The van der Waals surface area contributed by atoms with Crippen LogP contribution in [0.2, 0.25) is 0 Å². The van der Waals surface area contributed by atoms with Crippen LogP contribution in [0.1, 0.15) is 20.8 Å². The molecule has 0 saturated carbocycles. The molecule has 1 rings (SSSR count). The van der Waals surface area contributed by atoms with Crippen LogP contribution in [-0.4, -0.2) is 30.9 Å². The average Bonchev–Trinajstić information content (AvgIpc) is 1.85. The summed E-state index contributed by atoms with van der Waals surface area (Å²) >= 11 is 0. The van der Waals surface area contributed by atoms with Crippen LogP contribution in [0.3, 0.4) is 0 Å². The van der Waals surface area contributed by atoms with E-state index in [1.807, 2.05) is 0 Å². The van der Waals surface area contributed by atoms with Crippen molar-refractivity contribution in [1.82, 2.24) is 4.90 Å². The highest BCUT2D eigenvalue weighted by atomic mass is 15.2. The van der Waals surface area contributed by atoms with Gasteiger partial charge >= 0.3 is 0 Å². The van der Waals surface area contributed by atoms with E-state index in [-0.39, 0.29) is 0 Å². The first-order valence-electron chi connectivity index (χ1n) is 4.36. The second-order valence-corrected chi connectivity index (χ2v) is 3.84. The van der Waals surface area contributed by atoms with E-state index in [2.05, 4.69) is 37.7 Å². The fourth-order valence-corrected chi connectivity index (χ4v) is 1.61. The molecular weight excluding hydrogens is 136 g/mol. The minimum Gasteiger partial charge on any atom is -0.363 e. The van der Waals surface area contributed by atoms with Gasteiger partial charge in [-0.15, -0.1) is 0 Å². The van der Waals surface area contributed by atoms with E-state index < -0.39 is 0 Å². The van der Waals surface area contributed by atoms with Crippen molar-refractivity contribution < 1.29 is 0 Å². The Labute approximate surface area is 69.3 Å². The van der Waals surface area contributed by atoms with Gasteiger partial charge in [-0.2, -0.15) is 0 Å². The predicted molar refractivity (Wildman–Crippen MR) is 48.9 cm³/mol. The number of hydrogen-bond acceptors (Lipinski definition) is 2. The number of aliphatic imine (C=N–C) groups is 1. The van der Waals surface area contributed by atoms with Crippen molar-refractivity contribution in [2.75, 3.05) is 20.1 Å². The van der Waals surface area contributed by atoms with Crippen LogP contribution >= 0.6 is 0 Å². The van der Waals surface area contributed by atoms with Gasteiger partial charge < -0.3 is 4.90 Å². The fraction of sp³-hybridized carbons (Fsp3) is 0.889. The minimum absolute atomic E-state index is 0.576. The lowest BCUT2D eigenvalue weighted by Crippen LogP contribution is -2.39. The quantitative estimate of drug-likeness (QED) is 0.560. The second kappa shape index (κ2) is 3.24. The Kier molecular flexibility index (Phi) is 2.53. The maximum absolute atomic E-state index is 4.53. The highest BCUT2D eigenvalue weighted by Gasteiger charge is 2.17. The van der Waals surface area contributed by atoms with Gasteiger partial charge in [0.1, 0.15) is 5.84 Å². The second-order valence-electron chi connectivity index (χ2n) is 3.84. The Bertz CT molecular complexity index is 161. The lowest BCUT2D eigenvalue weighted by molar-refractivity contribution is 0.368. The third-order valence-corrected chi connectivity index (χ3v) is 2.06. The standard InChI is InChI=1S/C9H18N2/c1-7(2)9-10-5-8(3)6-11(9)4/h7-8H,5-6H2,1-4H3/t8-/m1/s1. The zero-order valence-corrected chi connectivity index (χ0v) is 7.96. The van der Waals surface area contributed by atoms with Crippen LogP contribution in [0.5, 0.6) is 0 Å². The van der Waals surface area contributed by atoms with E-state index in [9.17, 15) is 0 Å². The average molecular weight is 154 g/mol. The lowest BCUT2D eigenvalue weighted by atomic mass is 10.1. The molecule has 0 aromatic carbocycles. The van der Waals surface area contributed by atoms with Crippen molar-refractivity contribution in [2.45, 2.75) is 20.8 Å². The summed E-state index contributed by atoms with van der Waals surface area (Å²) in [6, 6.07) is 0. The van der Waals surface area contributed by atoms with Crippen LogP contribution in [-0.2, 0) is 0 Å². The zero-order chi connectivity index (χ0) is 8.43. The monoisotopic (exact) mass is 154 g/mol. The number of amidine groups is 1. The molecular formula is C9H18N2. The Morgan fingerprint density at radius 1 is 1.55 bits per heavy atom. The largest absolute Gasteiger partial charge is 0.363 e. The molecule has 0 spiro atoms. The Morgan fingerprint density at radius 3 is 2.64 bits per heavy atom. The molecule has 2 nitrogen and oxygen atoms in total. The SMILES string of the molecule is CC(C)C1=NC[C@@H](C)CN1C. The highest BCUT2D eigenvalue weighted by molar-refractivity contribution is 5.84. The Morgan fingerprint density at radius 2 is 2.18 bits per heavy atom. The summed E-state index contributed by atoms with van der Waals surface area (Å²) in [7, 11) is 2.13. The summed E-state index contributed by atoms with van der Waals surface area (Å²) in [5, 5.41) is 0. The molecule has 0 amide bonds. The number of nitrogens with zero attached hydrogens (tertiary/aromatic N) is 2. The van der Waals surface area contributed by atoms with Crippen molar-refractivity contribution in [3.05, 3.63) is 0 Å². The normalized spacial score (nSPS) is 25.7. The first-order chi connectivity index (χ1) is 5.11. The maximum Gasteiger partial charge on any atom is 0.101 e. The van der Waals surface area contributed by atoms with Gasteiger partial charge in [0.25, 0.3) is 0 Å². The molecule has 1 aliphatic heterocycles. The number of rotatable bonds is 1. The van der Waals surface area contributed by atoms with Gasteiger partial charge in [-0.05, 0) is 5.92 Å². The van der Waals surface area contributed by atoms with E-state index in [1.165, 1.54) is 5.84 Å². The smallest absolute Gasteiger partial charge is 0.101 e. The van der Waals surface area contributed by atoms with Gasteiger partial charge in [0.15, 0.2) is 0 Å². The predicted octanol–water partition coefficient (Wildman–Crippen LogP) is 1.62. The van der Waals surface area contributed by atoms with E-state index in [1.54, 1.807) is 0 Å². The van der Waals surface area contributed by atoms with E-state index in [0.29, 0.717) is 5.92 Å². The summed E-state index contributed by atoms with van der Waals surface area (Å²) in [6.45, 7) is 8.82. The molecule has 0 aromatic heterocycles. The molecule has 0 saturated heterocycles. The van der Waals surface area contributed by atoms with Crippen molar-refractivity contribution in [2.24, 2.45) is 16.8 Å². The molecule has 0 aromatic rings. The molecule has 0 unspecified atom stereocenters. The third-order valence-electron chi connectivity index (χ3n) is 2.06. The molecule has 0 bridgehead atoms.